The highest BCUT2D eigenvalue weighted by atomic mass is 35.5. The standard InChI is InChI=1S/C19H30N4O.ClH/c1-22-5-7-23(8-6-22)13-15-10-16-2-4-20-12-18(16)19(11-15)21-17-3-9-24-14-17;/h10-11,17,20-21H,2-9,12-14H2,1H3;1H/t17-;/m0./s1. The molecule has 2 fully saturated rings. The number of fused-ring (bicyclic) bond motifs is 1. The summed E-state index contributed by atoms with van der Waals surface area (Å²) >= 11 is 0. The van der Waals surface area contributed by atoms with E-state index >= 15 is 0 Å². The number of hydrogen-bond donors (Lipinski definition) is 2. The van der Waals surface area contributed by atoms with E-state index in [0.29, 0.717) is 6.04 Å². The van der Waals surface area contributed by atoms with Gasteiger partial charge in [-0.15, -0.1) is 12.4 Å². The molecule has 0 aliphatic carbocycles. The van der Waals surface area contributed by atoms with Crippen LogP contribution in [0.2, 0.25) is 0 Å². The molecule has 140 valence electrons. The smallest absolute Gasteiger partial charge is 0.0668 e. The van der Waals surface area contributed by atoms with E-state index in [2.05, 4.69) is 39.6 Å². The van der Waals surface area contributed by atoms with Crippen molar-refractivity contribution in [2.75, 3.05) is 58.3 Å². The van der Waals surface area contributed by atoms with Crippen molar-refractivity contribution in [1.29, 1.82) is 0 Å². The maximum absolute atomic E-state index is 5.54. The molecule has 0 unspecified atom stereocenters. The summed E-state index contributed by atoms with van der Waals surface area (Å²) in [5, 5.41) is 7.29. The molecule has 0 spiro atoms. The second kappa shape index (κ2) is 8.69. The van der Waals surface area contributed by atoms with Gasteiger partial charge in [0, 0.05) is 51.6 Å². The first-order chi connectivity index (χ1) is 11.8. The molecule has 3 aliphatic rings. The van der Waals surface area contributed by atoms with Crippen LogP contribution in [0.15, 0.2) is 12.1 Å². The Kier molecular flexibility index (Phi) is 6.58. The van der Waals surface area contributed by atoms with E-state index in [1.165, 1.54) is 48.6 Å². The van der Waals surface area contributed by atoms with Crippen molar-refractivity contribution >= 4 is 18.1 Å². The fourth-order valence-corrected chi connectivity index (χ4v) is 4.02. The number of likely N-dealkylation sites (N-methyl/N-ethyl adjacent to an activating group) is 1. The fourth-order valence-electron chi connectivity index (χ4n) is 4.02. The van der Waals surface area contributed by atoms with Gasteiger partial charge in [-0.2, -0.15) is 0 Å². The lowest BCUT2D eigenvalue weighted by Crippen LogP contribution is -2.43. The van der Waals surface area contributed by atoms with E-state index in [4.69, 9.17) is 4.74 Å². The summed E-state index contributed by atoms with van der Waals surface area (Å²) in [5.74, 6) is 0. The number of nitrogens with one attached hydrogen (secondary N) is 2. The molecule has 0 bridgehead atoms. The van der Waals surface area contributed by atoms with Crippen LogP contribution in [-0.4, -0.2) is 68.8 Å². The van der Waals surface area contributed by atoms with Gasteiger partial charge in [0.25, 0.3) is 0 Å². The summed E-state index contributed by atoms with van der Waals surface area (Å²) in [5.41, 5.74) is 5.79. The second-order valence-electron chi connectivity index (χ2n) is 7.49. The summed E-state index contributed by atoms with van der Waals surface area (Å²) in [7, 11) is 2.22. The Morgan fingerprint density at radius 2 is 2.08 bits per heavy atom. The van der Waals surface area contributed by atoms with Crippen LogP contribution in [0.3, 0.4) is 0 Å². The molecule has 2 saturated heterocycles. The van der Waals surface area contributed by atoms with E-state index < -0.39 is 0 Å². The maximum Gasteiger partial charge on any atom is 0.0668 e. The van der Waals surface area contributed by atoms with Crippen LogP contribution in [0.25, 0.3) is 0 Å². The zero-order chi connectivity index (χ0) is 16.4. The fraction of sp³-hybridized carbons (Fsp3) is 0.684. The molecule has 4 rings (SSSR count). The van der Waals surface area contributed by atoms with E-state index in [9.17, 15) is 0 Å². The number of nitrogens with zero attached hydrogens (tertiary/aromatic N) is 2. The maximum atomic E-state index is 5.54. The predicted octanol–water partition coefficient (Wildman–Crippen LogP) is 1.70. The predicted molar refractivity (Wildman–Crippen MR) is 105 cm³/mol. The number of ether oxygens (including phenoxy) is 1. The molecule has 0 radical (unpaired) electrons. The number of benzene rings is 1. The lowest BCUT2D eigenvalue weighted by atomic mass is 9.95. The lowest BCUT2D eigenvalue weighted by molar-refractivity contribution is 0.148. The number of anilines is 1. The van der Waals surface area contributed by atoms with Crippen molar-refractivity contribution in [1.82, 2.24) is 15.1 Å². The zero-order valence-electron chi connectivity index (χ0n) is 15.2. The molecule has 6 heteroatoms. The van der Waals surface area contributed by atoms with Crippen molar-refractivity contribution in [2.45, 2.75) is 32.0 Å². The molecular weight excluding hydrogens is 336 g/mol. The molecule has 1 atom stereocenters. The highest BCUT2D eigenvalue weighted by Gasteiger charge is 2.21. The third kappa shape index (κ3) is 4.66. The molecule has 3 aliphatic heterocycles. The van der Waals surface area contributed by atoms with Gasteiger partial charge in [-0.1, -0.05) is 6.07 Å². The van der Waals surface area contributed by atoms with Gasteiger partial charge in [-0.3, -0.25) is 4.90 Å². The minimum Gasteiger partial charge on any atom is -0.380 e. The van der Waals surface area contributed by atoms with E-state index in [1.54, 1.807) is 0 Å². The van der Waals surface area contributed by atoms with Crippen molar-refractivity contribution in [3.8, 4) is 0 Å². The van der Waals surface area contributed by atoms with Gasteiger partial charge in [0.05, 0.1) is 12.6 Å². The van der Waals surface area contributed by atoms with Crippen LogP contribution in [0.5, 0.6) is 0 Å². The quantitative estimate of drug-likeness (QED) is 0.848. The van der Waals surface area contributed by atoms with Gasteiger partial charge in [-0.25, -0.2) is 0 Å². The van der Waals surface area contributed by atoms with Gasteiger partial charge in [-0.05, 0) is 49.2 Å². The van der Waals surface area contributed by atoms with Crippen LogP contribution < -0.4 is 10.6 Å². The van der Waals surface area contributed by atoms with Gasteiger partial charge in [0.2, 0.25) is 0 Å². The molecule has 5 nitrogen and oxygen atoms in total. The molecule has 1 aromatic rings. The molecule has 2 N–H and O–H groups in total. The topological polar surface area (TPSA) is 39.8 Å². The first kappa shape index (κ1) is 18.9. The zero-order valence-corrected chi connectivity index (χ0v) is 16.0. The second-order valence-corrected chi connectivity index (χ2v) is 7.49. The van der Waals surface area contributed by atoms with Gasteiger partial charge in [0.1, 0.15) is 0 Å². The van der Waals surface area contributed by atoms with Gasteiger partial charge >= 0.3 is 0 Å². The highest BCUT2D eigenvalue weighted by molar-refractivity contribution is 5.85. The Balaban J connectivity index is 0.00000182. The Bertz CT molecular complexity index is 569. The van der Waals surface area contributed by atoms with Crippen molar-refractivity contribution in [3.63, 3.8) is 0 Å². The van der Waals surface area contributed by atoms with E-state index in [-0.39, 0.29) is 12.4 Å². The SMILES string of the molecule is CN1CCN(Cc2cc3c(c(N[C@H]4CCOC4)c2)CNCC3)CC1.Cl. The minimum absolute atomic E-state index is 0. The summed E-state index contributed by atoms with van der Waals surface area (Å²) in [6.07, 6.45) is 2.26. The molecule has 25 heavy (non-hydrogen) atoms. The number of rotatable bonds is 4. The summed E-state index contributed by atoms with van der Waals surface area (Å²) in [6.45, 7) is 9.59. The van der Waals surface area contributed by atoms with Crippen LogP contribution in [-0.2, 0) is 24.2 Å². The molecular formula is C19H31ClN4O. The van der Waals surface area contributed by atoms with Crippen molar-refractivity contribution in [3.05, 3.63) is 28.8 Å². The average molecular weight is 367 g/mol. The average Bonchev–Trinajstić information content (AvgIpc) is 3.10. The van der Waals surface area contributed by atoms with Crippen molar-refractivity contribution in [2.24, 2.45) is 0 Å². The van der Waals surface area contributed by atoms with Crippen molar-refractivity contribution < 1.29 is 4.74 Å². The first-order valence-electron chi connectivity index (χ1n) is 9.38. The van der Waals surface area contributed by atoms with Crippen LogP contribution in [0.4, 0.5) is 5.69 Å². The number of hydrogen-bond acceptors (Lipinski definition) is 5. The Morgan fingerprint density at radius 1 is 1.24 bits per heavy atom. The molecule has 1 aromatic carbocycles. The largest absolute Gasteiger partial charge is 0.380 e. The normalized spacial score (nSPS) is 24.6. The third-order valence-electron chi connectivity index (χ3n) is 5.57. The lowest BCUT2D eigenvalue weighted by Gasteiger charge is -2.33. The molecule has 0 saturated carbocycles. The highest BCUT2D eigenvalue weighted by Crippen LogP contribution is 2.28. The van der Waals surface area contributed by atoms with Crippen LogP contribution in [0.1, 0.15) is 23.1 Å². The molecule has 0 aromatic heterocycles. The molecule has 3 heterocycles. The Hall–Kier alpha value is -0.850. The van der Waals surface area contributed by atoms with Crippen LogP contribution in [0, 0.1) is 0 Å². The first-order valence-corrected chi connectivity index (χ1v) is 9.38. The summed E-state index contributed by atoms with van der Waals surface area (Å²) < 4.78 is 5.54. The Labute approximate surface area is 157 Å². The van der Waals surface area contributed by atoms with E-state index in [0.717, 1.165) is 45.7 Å². The van der Waals surface area contributed by atoms with Crippen LogP contribution >= 0.6 is 12.4 Å². The number of piperazine rings is 1. The van der Waals surface area contributed by atoms with Gasteiger partial charge in [0.15, 0.2) is 0 Å². The van der Waals surface area contributed by atoms with E-state index in [1.807, 2.05) is 0 Å². The summed E-state index contributed by atoms with van der Waals surface area (Å²) in [6, 6.07) is 5.31. The number of halogens is 1. The Morgan fingerprint density at radius 3 is 2.84 bits per heavy atom. The third-order valence-corrected chi connectivity index (χ3v) is 5.57. The van der Waals surface area contributed by atoms with Gasteiger partial charge < -0.3 is 20.3 Å². The minimum atomic E-state index is 0. The monoisotopic (exact) mass is 366 g/mol. The molecule has 0 amide bonds. The summed E-state index contributed by atoms with van der Waals surface area (Å²) in [4.78, 5) is 5.01.